The van der Waals surface area contributed by atoms with Crippen molar-refractivity contribution in [1.82, 2.24) is 4.98 Å². The standard InChI is InChI=1S/C16H12F3N3O/c1-9-5-6-13-12(7-9)14(15(23)20-13)22-21-11-4-2-3-10(8-11)16(17,18)19/h2-8,20,23H,1H3. The molecule has 1 aromatic heterocycles. The second-order valence-corrected chi connectivity index (χ2v) is 5.12. The zero-order chi connectivity index (χ0) is 16.6. The molecule has 0 saturated carbocycles. The molecule has 0 fully saturated rings. The Balaban J connectivity index is 2.01. The molecule has 1 heterocycles. The van der Waals surface area contributed by atoms with Gasteiger partial charge in [0, 0.05) is 5.39 Å². The third-order valence-corrected chi connectivity index (χ3v) is 3.35. The molecule has 4 nitrogen and oxygen atoms in total. The summed E-state index contributed by atoms with van der Waals surface area (Å²) in [5, 5.41) is 18.3. The van der Waals surface area contributed by atoms with Gasteiger partial charge in [-0.05, 0) is 37.3 Å². The van der Waals surface area contributed by atoms with Crippen LogP contribution in [0.1, 0.15) is 11.1 Å². The number of hydrogen-bond acceptors (Lipinski definition) is 3. The number of benzene rings is 2. The van der Waals surface area contributed by atoms with Crippen LogP contribution in [-0.2, 0) is 6.18 Å². The Morgan fingerprint density at radius 2 is 1.83 bits per heavy atom. The van der Waals surface area contributed by atoms with Gasteiger partial charge in [-0.1, -0.05) is 17.7 Å². The predicted octanol–water partition coefficient (Wildman–Crippen LogP) is 5.62. The number of alkyl halides is 3. The normalized spacial score (nSPS) is 12.3. The molecule has 3 aromatic rings. The second-order valence-electron chi connectivity index (χ2n) is 5.12. The van der Waals surface area contributed by atoms with Crippen molar-refractivity contribution >= 4 is 22.3 Å². The van der Waals surface area contributed by atoms with Crippen molar-refractivity contribution < 1.29 is 18.3 Å². The number of aromatic hydroxyl groups is 1. The monoisotopic (exact) mass is 319 g/mol. The van der Waals surface area contributed by atoms with Gasteiger partial charge in [-0.2, -0.15) is 18.3 Å². The average Bonchev–Trinajstić information content (AvgIpc) is 2.79. The first-order chi connectivity index (χ1) is 10.8. The van der Waals surface area contributed by atoms with E-state index in [-0.39, 0.29) is 17.3 Å². The molecule has 0 atom stereocenters. The SMILES string of the molecule is Cc1ccc2[nH]c(O)c(N=Nc3cccc(C(F)(F)F)c3)c2c1. The lowest BCUT2D eigenvalue weighted by Gasteiger charge is -2.05. The Hall–Kier alpha value is -2.83. The molecule has 0 aliphatic carbocycles. The van der Waals surface area contributed by atoms with Crippen molar-refractivity contribution in [3.63, 3.8) is 0 Å². The number of fused-ring (bicyclic) bond motifs is 1. The Morgan fingerprint density at radius 3 is 2.57 bits per heavy atom. The van der Waals surface area contributed by atoms with Crippen LogP contribution in [0, 0.1) is 6.92 Å². The number of aromatic amines is 1. The van der Waals surface area contributed by atoms with E-state index in [0.29, 0.717) is 10.9 Å². The zero-order valence-corrected chi connectivity index (χ0v) is 12.0. The maximum atomic E-state index is 12.7. The molecular weight excluding hydrogens is 307 g/mol. The van der Waals surface area contributed by atoms with Gasteiger partial charge < -0.3 is 10.1 Å². The summed E-state index contributed by atoms with van der Waals surface area (Å²) in [4.78, 5) is 2.75. The summed E-state index contributed by atoms with van der Waals surface area (Å²) in [6.07, 6.45) is -4.44. The Bertz CT molecular complexity index is 897. The zero-order valence-electron chi connectivity index (χ0n) is 12.0. The fraction of sp³-hybridized carbons (Fsp3) is 0.125. The van der Waals surface area contributed by atoms with Crippen molar-refractivity contribution in [3.05, 3.63) is 53.6 Å². The van der Waals surface area contributed by atoms with Crippen LogP contribution < -0.4 is 0 Å². The van der Waals surface area contributed by atoms with E-state index in [1.807, 2.05) is 19.1 Å². The van der Waals surface area contributed by atoms with Crippen LogP contribution in [0.4, 0.5) is 24.5 Å². The van der Waals surface area contributed by atoms with Crippen molar-refractivity contribution in [2.24, 2.45) is 10.2 Å². The van der Waals surface area contributed by atoms with Crippen molar-refractivity contribution in [1.29, 1.82) is 0 Å². The predicted molar refractivity (Wildman–Crippen MR) is 80.3 cm³/mol. The van der Waals surface area contributed by atoms with Crippen LogP contribution in [0.3, 0.4) is 0 Å². The molecule has 0 unspecified atom stereocenters. The Morgan fingerprint density at radius 1 is 1.04 bits per heavy atom. The molecule has 23 heavy (non-hydrogen) atoms. The molecule has 0 amide bonds. The number of nitrogens with one attached hydrogen (secondary N) is 1. The summed E-state index contributed by atoms with van der Waals surface area (Å²) in [7, 11) is 0. The summed E-state index contributed by atoms with van der Waals surface area (Å²) in [6, 6.07) is 10.0. The first-order valence-corrected chi connectivity index (χ1v) is 6.75. The van der Waals surface area contributed by atoms with Gasteiger partial charge in [-0.15, -0.1) is 5.11 Å². The first kappa shape index (κ1) is 15.1. The molecule has 0 bridgehead atoms. The van der Waals surface area contributed by atoms with Gasteiger partial charge in [0.25, 0.3) is 0 Å². The molecule has 2 aromatic carbocycles. The van der Waals surface area contributed by atoms with Crippen LogP contribution >= 0.6 is 0 Å². The van der Waals surface area contributed by atoms with Crippen LogP contribution in [0.2, 0.25) is 0 Å². The van der Waals surface area contributed by atoms with Gasteiger partial charge in [0.2, 0.25) is 5.88 Å². The van der Waals surface area contributed by atoms with Crippen molar-refractivity contribution in [2.45, 2.75) is 13.1 Å². The highest BCUT2D eigenvalue weighted by atomic mass is 19.4. The minimum Gasteiger partial charge on any atom is -0.493 e. The summed E-state index contributed by atoms with van der Waals surface area (Å²) in [6.45, 7) is 1.89. The molecule has 0 saturated heterocycles. The van der Waals surface area contributed by atoms with E-state index < -0.39 is 11.7 Å². The fourth-order valence-corrected chi connectivity index (χ4v) is 2.23. The fourth-order valence-electron chi connectivity index (χ4n) is 2.23. The topological polar surface area (TPSA) is 60.7 Å². The maximum absolute atomic E-state index is 12.7. The van der Waals surface area contributed by atoms with Gasteiger partial charge in [-0.3, -0.25) is 0 Å². The highest BCUT2D eigenvalue weighted by Crippen LogP contribution is 2.37. The van der Waals surface area contributed by atoms with Crippen LogP contribution in [0.25, 0.3) is 10.9 Å². The lowest BCUT2D eigenvalue weighted by atomic mass is 10.1. The first-order valence-electron chi connectivity index (χ1n) is 6.75. The maximum Gasteiger partial charge on any atom is 0.416 e. The summed E-state index contributed by atoms with van der Waals surface area (Å²) >= 11 is 0. The largest absolute Gasteiger partial charge is 0.493 e. The third kappa shape index (κ3) is 3.03. The van der Waals surface area contributed by atoms with E-state index in [0.717, 1.165) is 17.7 Å². The molecule has 118 valence electrons. The molecule has 0 spiro atoms. The summed E-state index contributed by atoms with van der Waals surface area (Å²) < 4.78 is 38.0. The van der Waals surface area contributed by atoms with Crippen LogP contribution in [0.15, 0.2) is 52.7 Å². The van der Waals surface area contributed by atoms with Crippen molar-refractivity contribution in [2.75, 3.05) is 0 Å². The Labute approximate surface area is 129 Å². The minimum absolute atomic E-state index is 0.0567. The number of aromatic nitrogens is 1. The van der Waals surface area contributed by atoms with E-state index >= 15 is 0 Å². The second kappa shape index (κ2) is 5.42. The summed E-state index contributed by atoms with van der Waals surface area (Å²) in [5.41, 5.74) is 1.09. The molecule has 0 aliphatic heterocycles. The van der Waals surface area contributed by atoms with Gasteiger partial charge in [0.1, 0.15) is 0 Å². The van der Waals surface area contributed by atoms with E-state index in [2.05, 4.69) is 15.2 Å². The highest BCUT2D eigenvalue weighted by molar-refractivity contribution is 5.94. The van der Waals surface area contributed by atoms with E-state index in [1.165, 1.54) is 12.1 Å². The molecular formula is C16H12F3N3O. The van der Waals surface area contributed by atoms with E-state index in [4.69, 9.17) is 0 Å². The van der Waals surface area contributed by atoms with Gasteiger partial charge >= 0.3 is 6.18 Å². The Kier molecular flexibility index (Phi) is 3.55. The molecule has 2 N–H and O–H groups in total. The van der Waals surface area contributed by atoms with Crippen LogP contribution in [0.5, 0.6) is 5.88 Å². The quantitative estimate of drug-likeness (QED) is 0.592. The lowest BCUT2D eigenvalue weighted by molar-refractivity contribution is -0.137. The number of azo groups is 1. The summed E-state index contributed by atoms with van der Waals surface area (Å²) in [5.74, 6) is -0.179. The van der Waals surface area contributed by atoms with Gasteiger partial charge in [0.05, 0.1) is 16.8 Å². The highest BCUT2D eigenvalue weighted by Gasteiger charge is 2.30. The third-order valence-electron chi connectivity index (χ3n) is 3.35. The lowest BCUT2D eigenvalue weighted by Crippen LogP contribution is -2.03. The molecule has 3 rings (SSSR count). The molecule has 0 radical (unpaired) electrons. The molecule has 7 heteroatoms. The average molecular weight is 319 g/mol. The van der Waals surface area contributed by atoms with Crippen LogP contribution in [-0.4, -0.2) is 10.1 Å². The van der Waals surface area contributed by atoms with Gasteiger partial charge in [-0.25, -0.2) is 0 Å². The minimum atomic E-state index is -4.44. The number of H-pyrrole nitrogens is 1. The number of hydrogen-bond donors (Lipinski definition) is 2. The van der Waals surface area contributed by atoms with E-state index in [9.17, 15) is 18.3 Å². The number of halogens is 3. The molecule has 0 aliphatic rings. The number of nitrogens with zero attached hydrogens (tertiary/aromatic N) is 2. The number of aryl methyl sites for hydroxylation is 1. The van der Waals surface area contributed by atoms with Crippen molar-refractivity contribution in [3.8, 4) is 5.88 Å². The van der Waals surface area contributed by atoms with Gasteiger partial charge in [0.15, 0.2) is 5.69 Å². The smallest absolute Gasteiger partial charge is 0.416 e. The van der Waals surface area contributed by atoms with E-state index in [1.54, 1.807) is 6.07 Å². The number of rotatable bonds is 2.